The number of aromatic nitrogens is 6. The number of fused-ring (bicyclic) bond motifs is 2. The maximum absolute atomic E-state index is 16.2. The number of Topliss-reactive ketones (excluding diaryl/α,β-unsaturated/α-hetero) is 1. The number of anilines is 2. The molecule has 0 bridgehead atoms. The van der Waals surface area contributed by atoms with Crippen molar-refractivity contribution >= 4 is 39.0 Å². The lowest BCUT2D eigenvalue weighted by molar-refractivity contribution is -0.122. The summed E-state index contributed by atoms with van der Waals surface area (Å²) in [7, 11) is 3.27. The van der Waals surface area contributed by atoms with E-state index in [1.807, 2.05) is 109 Å². The van der Waals surface area contributed by atoms with Gasteiger partial charge in [-0.05, 0) is 47.5 Å². The van der Waals surface area contributed by atoms with Gasteiger partial charge in [0.25, 0.3) is 0 Å². The number of nitrogens with one attached hydrogen (secondary N) is 6. The Morgan fingerprint density at radius 2 is 1.00 bits per heavy atom. The molecule has 8 aromatic rings. The lowest BCUT2D eigenvalue weighted by Crippen LogP contribution is -2.35. The molecule has 0 saturated carbocycles. The molecule has 0 radical (unpaired) electrons. The van der Waals surface area contributed by atoms with Crippen LogP contribution in [0.2, 0.25) is 0 Å². The van der Waals surface area contributed by atoms with Crippen molar-refractivity contribution in [3.63, 3.8) is 0 Å². The van der Waals surface area contributed by atoms with Gasteiger partial charge in [-0.2, -0.15) is 0 Å². The molecule has 0 fully saturated rings. The van der Waals surface area contributed by atoms with Gasteiger partial charge in [0.2, 0.25) is 0 Å². The van der Waals surface area contributed by atoms with Crippen molar-refractivity contribution in [1.82, 2.24) is 29.9 Å². The molecule has 4 aromatic heterocycles. The van der Waals surface area contributed by atoms with Crippen molar-refractivity contribution in [2.24, 2.45) is 0 Å². The molecular weight excluding hydrogens is 653 g/mol. The summed E-state index contributed by atoms with van der Waals surface area (Å²) < 4.78 is 11.5. The Kier molecular flexibility index (Phi) is 8.89. The monoisotopic (exact) mass is 690 g/mol. The minimum atomic E-state index is -0.789. The van der Waals surface area contributed by atoms with Crippen molar-refractivity contribution in [3.05, 3.63) is 157 Å². The lowest BCUT2D eigenvalue weighted by Gasteiger charge is -2.33. The van der Waals surface area contributed by atoms with Gasteiger partial charge in [0, 0.05) is 59.0 Å². The van der Waals surface area contributed by atoms with E-state index in [4.69, 9.17) is 19.4 Å². The maximum Gasteiger partial charge on any atom is 0.153 e. The van der Waals surface area contributed by atoms with E-state index in [1.54, 1.807) is 39.0 Å². The van der Waals surface area contributed by atoms with Crippen LogP contribution in [0.4, 0.5) is 11.4 Å². The van der Waals surface area contributed by atoms with Crippen molar-refractivity contribution in [2.75, 3.05) is 24.9 Å². The van der Waals surface area contributed by atoms with E-state index in [0.717, 1.165) is 44.3 Å². The van der Waals surface area contributed by atoms with Crippen LogP contribution < -0.4 is 20.1 Å². The standard InChI is InChI=1S/C41H38N8O3/c1-51-33-17-9-7-15-31(33)48-37(40-42-19-20-43-40)35(27-23-46-29-13-5-3-11-25(27)29)39(50)36(28-24-47-30-14-6-4-12-26(28)30)38(41-44-21-22-45-41)49-32-16-8-10-18-34(32)52-2/h3-24,35-38,46-49H,1-2H3,(H,42,43)(H,44,45). The molecule has 4 heterocycles. The van der Waals surface area contributed by atoms with Gasteiger partial charge in [0.1, 0.15) is 23.1 Å². The van der Waals surface area contributed by atoms with Gasteiger partial charge < -0.3 is 40.0 Å². The number of aromatic amines is 4. The molecular formula is C41H38N8O3. The van der Waals surface area contributed by atoms with Gasteiger partial charge in [0.05, 0.1) is 49.5 Å². The Morgan fingerprint density at radius 3 is 1.42 bits per heavy atom. The molecule has 0 aliphatic heterocycles. The maximum atomic E-state index is 16.2. The molecule has 260 valence electrons. The molecule has 0 saturated heterocycles. The van der Waals surface area contributed by atoms with Crippen LogP contribution in [0.3, 0.4) is 0 Å². The third-order valence-corrected chi connectivity index (χ3v) is 9.66. The first kappa shape index (κ1) is 32.5. The minimum Gasteiger partial charge on any atom is -0.495 e. The molecule has 6 N–H and O–H groups in total. The number of ether oxygens (including phenoxy) is 2. The van der Waals surface area contributed by atoms with Crippen LogP contribution in [0, 0.1) is 0 Å². The summed E-state index contributed by atoms with van der Waals surface area (Å²) in [5, 5.41) is 9.25. The van der Waals surface area contributed by atoms with Crippen molar-refractivity contribution in [1.29, 1.82) is 0 Å². The molecule has 4 unspecified atom stereocenters. The Balaban J connectivity index is 1.37. The van der Waals surface area contributed by atoms with Gasteiger partial charge in [-0.3, -0.25) is 4.79 Å². The average Bonchev–Trinajstić information content (AvgIpc) is 4.03. The number of carbonyl (C=O) groups excluding carboxylic acids is 1. The van der Waals surface area contributed by atoms with Gasteiger partial charge in [-0.25, -0.2) is 9.97 Å². The number of H-pyrrole nitrogens is 4. The highest BCUT2D eigenvalue weighted by atomic mass is 16.5. The summed E-state index contributed by atoms with van der Waals surface area (Å²) in [5.74, 6) is 0.832. The summed E-state index contributed by atoms with van der Waals surface area (Å²) in [6.07, 6.45) is 10.8. The molecule has 11 nitrogen and oxygen atoms in total. The summed E-state index contributed by atoms with van der Waals surface area (Å²) >= 11 is 0. The second kappa shape index (κ2) is 14.2. The predicted molar refractivity (Wildman–Crippen MR) is 203 cm³/mol. The van der Waals surface area contributed by atoms with Gasteiger partial charge in [-0.15, -0.1) is 0 Å². The second-order valence-corrected chi connectivity index (χ2v) is 12.5. The highest BCUT2D eigenvalue weighted by Gasteiger charge is 2.44. The number of para-hydroxylation sites is 6. The molecule has 11 heteroatoms. The molecule has 4 aromatic carbocycles. The van der Waals surface area contributed by atoms with Crippen LogP contribution in [0.15, 0.2) is 134 Å². The highest BCUT2D eigenvalue weighted by molar-refractivity contribution is 6.01. The number of benzene rings is 4. The fraction of sp³-hybridized carbons (Fsp3) is 0.146. The number of ketones is 1. The molecule has 0 aliphatic carbocycles. The first-order valence-electron chi connectivity index (χ1n) is 17.1. The first-order valence-corrected chi connectivity index (χ1v) is 17.1. The van der Waals surface area contributed by atoms with Crippen LogP contribution in [-0.2, 0) is 4.79 Å². The number of hydrogen-bond donors (Lipinski definition) is 6. The Bertz CT molecular complexity index is 2250. The Labute approximate surface area is 299 Å². The zero-order chi connectivity index (χ0) is 35.4. The number of methoxy groups -OCH3 is 2. The van der Waals surface area contributed by atoms with E-state index < -0.39 is 23.9 Å². The van der Waals surface area contributed by atoms with E-state index in [9.17, 15) is 0 Å². The van der Waals surface area contributed by atoms with E-state index in [2.05, 4.69) is 30.6 Å². The zero-order valence-electron chi connectivity index (χ0n) is 28.6. The van der Waals surface area contributed by atoms with E-state index in [1.165, 1.54) is 0 Å². The van der Waals surface area contributed by atoms with Gasteiger partial charge in [0.15, 0.2) is 5.78 Å². The summed E-state index contributed by atoms with van der Waals surface area (Å²) in [5.41, 5.74) is 4.94. The topological polar surface area (TPSA) is 149 Å². The Morgan fingerprint density at radius 1 is 0.577 bits per heavy atom. The van der Waals surface area contributed by atoms with Crippen molar-refractivity contribution in [3.8, 4) is 11.5 Å². The average molecular weight is 691 g/mol. The number of carbonyl (C=O) groups is 1. The third kappa shape index (κ3) is 6.02. The van der Waals surface area contributed by atoms with Crippen LogP contribution in [0.1, 0.15) is 46.7 Å². The quantitative estimate of drug-likeness (QED) is 0.0673. The first-order chi connectivity index (χ1) is 25.6. The molecule has 0 spiro atoms. The minimum absolute atomic E-state index is 0.0675. The van der Waals surface area contributed by atoms with E-state index >= 15 is 4.79 Å². The smallest absolute Gasteiger partial charge is 0.153 e. The van der Waals surface area contributed by atoms with Gasteiger partial charge >= 0.3 is 0 Å². The van der Waals surface area contributed by atoms with Crippen LogP contribution in [0.25, 0.3) is 21.8 Å². The number of rotatable bonds is 14. The predicted octanol–water partition coefficient (Wildman–Crippen LogP) is 8.26. The second-order valence-electron chi connectivity index (χ2n) is 12.5. The number of imidazole rings is 2. The van der Waals surface area contributed by atoms with Crippen molar-refractivity contribution in [2.45, 2.75) is 23.9 Å². The Hall–Kier alpha value is -6.75. The van der Waals surface area contributed by atoms with Crippen LogP contribution in [0.5, 0.6) is 11.5 Å². The summed E-state index contributed by atoms with van der Waals surface area (Å²) in [4.78, 5) is 39.2. The van der Waals surface area contributed by atoms with Crippen LogP contribution in [-0.4, -0.2) is 49.9 Å². The largest absolute Gasteiger partial charge is 0.495 e. The summed E-state index contributed by atoms with van der Waals surface area (Å²) in [6.45, 7) is 0. The normalized spacial score (nSPS) is 13.7. The fourth-order valence-corrected chi connectivity index (χ4v) is 7.27. The molecule has 52 heavy (non-hydrogen) atoms. The van der Waals surface area contributed by atoms with Gasteiger partial charge in [-0.1, -0.05) is 60.7 Å². The number of nitrogens with zero attached hydrogens (tertiary/aromatic N) is 2. The fourth-order valence-electron chi connectivity index (χ4n) is 7.27. The lowest BCUT2D eigenvalue weighted by atomic mass is 9.75. The SMILES string of the molecule is COc1ccccc1NC(c1ncc[nH]1)C(C(=O)C(c1c[nH]c2ccccc12)C(Nc1ccccc1OC)c1ncc[nH]1)c1c[nH]c2ccccc12. The van der Waals surface area contributed by atoms with E-state index in [-0.39, 0.29) is 5.78 Å². The molecule has 8 rings (SSSR count). The zero-order valence-corrected chi connectivity index (χ0v) is 28.6. The molecule has 0 aliphatic rings. The molecule has 4 atom stereocenters. The van der Waals surface area contributed by atoms with E-state index in [0.29, 0.717) is 23.1 Å². The van der Waals surface area contributed by atoms with Crippen molar-refractivity contribution < 1.29 is 14.3 Å². The molecule has 0 amide bonds. The number of hydrogen-bond acceptors (Lipinski definition) is 7. The highest BCUT2D eigenvalue weighted by Crippen LogP contribution is 2.46. The third-order valence-electron chi connectivity index (χ3n) is 9.66. The summed E-state index contributed by atoms with van der Waals surface area (Å²) in [6, 6.07) is 30.1. The van der Waals surface area contributed by atoms with Crippen LogP contribution >= 0.6 is 0 Å².